The van der Waals surface area contributed by atoms with Crippen molar-refractivity contribution in [1.82, 2.24) is 0 Å². The average Bonchev–Trinajstić information content (AvgIpc) is 2.41. The fourth-order valence-corrected chi connectivity index (χ4v) is 3.28. The van der Waals surface area contributed by atoms with Gasteiger partial charge in [-0.05, 0) is 31.0 Å². The highest BCUT2D eigenvalue weighted by Crippen LogP contribution is 2.32. The first kappa shape index (κ1) is 15.3. The summed E-state index contributed by atoms with van der Waals surface area (Å²) in [7, 11) is 0. The van der Waals surface area contributed by atoms with Crippen LogP contribution in [0.3, 0.4) is 0 Å². The lowest BCUT2D eigenvalue weighted by atomic mass is 9.78. The van der Waals surface area contributed by atoms with Gasteiger partial charge in [-0.15, -0.1) is 0 Å². The molecule has 0 heterocycles. The molecule has 1 fully saturated rings. The summed E-state index contributed by atoms with van der Waals surface area (Å²) in [6, 6.07) is 5.16. The molecule has 2 N–H and O–H groups in total. The number of benzene rings is 1. The Morgan fingerprint density at radius 2 is 1.90 bits per heavy atom. The van der Waals surface area contributed by atoms with Crippen LogP contribution in [0.4, 0.5) is 5.69 Å². The molecule has 2 atom stereocenters. The van der Waals surface area contributed by atoms with Crippen molar-refractivity contribution >= 4 is 45.1 Å². The first-order chi connectivity index (χ1) is 9.49. The van der Waals surface area contributed by atoms with E-state index in [2.05, 4.69) is 21.2 Å². The zero-order valence-corrected chi connectivity index (χ0v) is 13.1. The van der Waals surface area contributed by atoms with E-state index in [0.29, 0.717) is 23.6 Å². The first-order valence-electron chi connectivity index (χ1n) is 6.48. The van der Waals surface area contributed by atoms with E-state index in [-0.39, 0.29) is 5.91 Å². The van der Waals surface area contributed by atoms with Crippen LogP contribution in [-0.4, -0.2) is 17.0 Å². The Bertz CT molecular complexity index is 535. The van der Waals surface area contributed by atoms with E-state index in [1.165, 1.54) is 0 Å². The van der Waals surface area contributed by atoms with Crippen LogP contribution in [0, 0.1) is 11.8 Å². The van der Waals surface area contributed by atoms with Crippen molar-refractivity contribution < 1.29 is 14.7 Å². The summed E-state index contributed by atoms with van der Waals surface area (Å²) in [5.74, 6) is -2.24. The molecule has 20 heavy (non-hydrogen) atoms. The van der Waals surface area contributed by atoms with Crippen LogP contribution in [0.1, 0.15) is 25.7 Å². The molecule has 1 aromatic rings. The number of aliphatic carboxylic acids is 1. The van der Waals surface area contributed by atoms with Gasteiger partial charge in [0, 0.05) is 4.47 Å². The third-order valence-electron chi connectivity index (χ3n) is 3.61. The largest absolute Gasteiger partial charge is 0.481 e. The summed E-state index contributed by atoms with van der Waals surface area (Å²) in [6.07, 6.45) is 2.91. The molecule has 108 valence electrons. The van der Waals surface area contributed by atoms with Crippen molar-refractivity contribution in [2.45, 2.75) is 25.7 Å². The van der Waals surface area contributed by atoms with Gasteiger partial charge < -0.3 is 10.4 Å². The predicted molar refractivity (Wildman–Crippen MR) is 80.9 cm³/mol. The van der Waals surface area contributed by atoms with Gasteiger partial charge in [-0.2, -0.15) is 0 Å². The van der Waals surface area contributed by atoms with Crippen LogP contribution in [0.15, 0.2) is 22.7 Å². The molecular formula is C14H15BrClNO3. The third kappa shape index (κ3) is 3.52. The average molecular weight is 361 g/mol. The van der Waals surface area contributed by atoms with E-state index < -0.39 is 17.8 Å². The smallest absolute Gasteiger partial charge is 0.307 e. The topological polar surface area (TPSA) is 66.4 Å². The lowest BCUT2D eigenvalue weighted by Gasteiger charge is -2.27. The molecule has 4 nitrogen and oxygen atoms in total. The number of nitrogens with one attached hydrogen (secondary N) is 1. The summed E-state index contributed by atoms with van der Waals surface area (Å²) in [4.78, 5) is 23.5. The van der Waals surface area contributed by atoms with Gasteiger partial charge in [0.05, 0.1) is 22.5 Å². The van der Waals surface area contributed by atoms with Gasteiger partial charge in [-0.1, -0.05) is 40.4 Å². The second-order valence-corrected chi connectivity index (χ2v) is 6.27. The minimum absolute atomic E-state index is 0.263. The molecule has 1 saturated carbocycles. The Morgan fingerprint density at radius 3 is 2.50 bits per heavy atom. The molecule has 1 aromatic carbocycles. The van der Waals surface area contributed by atoms with Gasteiger partial charge in [0.25, 0.3) is 0 Å². The van der Waals surface area contributed by atoms with E-state index in [4.69, 9.17) is 11.6 Å². The number of carboxylic acids is 1. The highest BCUT2D eigenvalue weighted by Gasteiger charge is 2.35. The predicted octanol–water partition coefficient (Wildman–Crippen LogP) is 3.93. The molecule has 1 aliphatic rings. The standard InChI is InChI=1S/C14H15BrClNO3/c15-8-5-6-12(11(16)7-8)17-13(18)9-3-1-2-4-10(9)14(19)20/h5-7,9-10H,1-4H2,(H,17,18)(H,19,20)/t9-,10-/m1/s1. The van der Waals surface area contributed by atoms with Crippen LogP contribution in [0.25, 0.3) is 0 Å². The molecule has 0 spiro atoms. The van der Waals surface area contributed by atoms with Gasteiger partial charge in [-0.25, -0.2) is 0 Å². The van der Waals surface area contributed by atoms with Gasteiger partial charge in [0.15, 0.2) is 0 Å². The monoisotopic (exact) mass is 359 g/mol. The molecule has 0 radical (unpaired) electrons. The Morgan fingerprint density at radius 1 is 1.25 bits per heavy atom. The zero-order valence-electron chi connectivity index (χ0n) is 10.7. The normalized spacial score (nSPS) is 22.3. The lowest BCUT2D eigenvalue weighted by Crippen LogP contribution is -2.36. The number of carbonyl (C=O) groups excluding carboxylic acids is 1. The highest BCUT2D eigenvalue weighted by atomic mass is 79.9. The molecule has 0 unspecified atom stereocenters. The fourth-order valence-electron chi connectivity index (χ4n) is 2.56. The van der Waals surface area contributed by atoms with Gasteiger partial charge in [-0.3, -0.25) is 9.59 Å². The SMILES string of the molecule is O=C(O)[C@@H]1CCCC[C@H]1C(=O)Nc1ccc(Br)cc1Cl. The number of halogens is 2. The fraction of sp³-hybridized carbons (Fsp3) is 0.429. The lowest BCUT2D eigenvalue weighted by molar-refractivity contribution is -0.147. The van der Waals surface area contributed by atoms with E-state index in [0.717, 1.165) is 17.3 Å². The maximum absolute atomic E-state index is 12.3. The molecule has 6 heteroatoms. The van der Waals surface area contributed by atoms with Crippen molar-refractivity contribution in [3.63, 3.8) is 0 Å². The van der Waals surface area contributed by atoms with Crippen molar-refractivity contribution in [3.05, 3.63) is 27.7 Å². The molecule has 0 saturated heterocycles. The molecule has 2 rings (SSSR count). The Kier molecular flexibility index (Phi) is 5.05. The van der Waals surface area contributed by atoms with Crippen molar-refractivity contribution in [2.24, 2.45) is 11.8 Å². The quantitative estimate of drug-likeness (QED) is 0.858. The minimum atomic E-state index is -0.897. The number of anilines is 1. The van der Waals surface area contributed by atoms with Crippen LogP contribution in [-0.2, 0) is 9.59 Å². The van der Waals surface area contributed by atoms with Crippen LogP contribution >= 0.6 is 27.5 Å². The van der Waals surface area contributed by atoms with Crippen LogP contribution in [0.5, 0.6) is 0 Å². The Hall–Kier alpha value is -1.07. The second-order valence-electron chi connectivity index (χ2n) is 4.95. The summed E-state index contributed by atoms with van der Waals surface area (Å²) in [6.45, 7) is 0. The third-order valence-corrected chi connectivity index (χ3v) is 4.41. The summed E-state index contributed by atoms with van der Waals surface area (Å²) in [5, 5.41) is 12.4. The zero-order chi connectivity index (χ0) is 14.7. The van der Waals surface area contributed by atoms with E-state index in [9.17, 15) is 14.7 Å². The number of amides is 1. The molecule has 0 aromatic heterocycles. The number of rotatable bonds is 3. The van der Waals surface area contributed by atoms with E-state index in [1.54, 1.807) is 18.2 Å². The maximum Gasteiger partial charge on any atom is 0.307 e. The maximum atomic E-state index is 12.3. The Balaban J connectivity index is 2.12. The minimum Gasteiger partial charge on any atom is -0.481 e. The second kappa shape index (κ2) is 6.59. The van der Waals surface area contributed by atoms with Gasteiger partial charge in [0.1, 0.15) is 0 Å². The number of carbonyl (C=O) groups is 2. The summed E-state index contributed by atoms with van der Waals surface area (Å²) in [5.41, 5.74) is 0.509. The van der Waals surface area contributed by atoms with Gasteiger partial charge in [0.2, 0.25) is 5.91 Å². The highest BCUT2D eigenvalue weighted by molar-refractivity contribution is 9.10. The molecule has 1 amide bonds. The molecule has 1 aliphatic carbocycles. The van der Waals surface area contributed by atoms with Crippen LogP contribution in [0.2, 0.25) is 5.02 Å². The van der Waals surface area contributed by atoms with E-state index >= 15 is 0 Å². The number of hydrogen-bond acceptors (Lipinski definition) is 2. The molecule has 0 aliphatic heterocycles. The number of carboxylic acid groups (broad SMARTS) is 1. The number of hydrogen-bond donors (Lipinski definition) is 2. The Labute approximate surface area is 130 Å². The first-order valence-corrected chi connectivity index (χ1v) is 7.65. The van der Waals surface area contributed by atoms with Gasteiger partial charge >= 0.3 is 5.97 Å². The van der Waals surface area contributed by atoms with E-state index in [1.807, 2.05) is 0 Å². The van der Waals surface area contributed by atoms with Crippen molar-refractivity contribution in [2.75, 3.05) is 5.32 Å². The van der Waals surface area contributed by atoms with Crippen molar-refractivity contribution in [1.29, 1.82) is 0 Å². The molecular weight excluding hydrogens is 346 g/mol. The van der Waals surface area contributed by atoms with Crippen molar-refractivity contribution in [3.8, 4) is 0 Å². The molecule has 0 bridgehead atoms. The summed E-state index contributed by atoms with van der Waals surface area (Å²) < 4.78 is 0.821. The summed E-state index contributed by atoms with van der Waals surface area (Å²) >= 11 is 9.34. The van der Waals surface area contributed by atoms with Crippen LogP contribution < -0.4 is 5.32 Å².